The van der Waals surface area contributed by atoms with Gasteiger partial charge in [-0.1, -0.05) is 0 Å². The summed E-state index contributed by atoms with van der Waals surface area (Å²) in [5.74, 6) is 0.742. The summed E-state index contributed by atoms with van der Waals surface area (Å²) >= 11 is 0. The number of amides is 2. The number of aromatic nitrogens is 1. The number of carbonyl (C=O) groups excluding carboxylic acids is 2. The van der Waals surface area contributed by atoms with Crippen LogP contribution in [-0.4, -0.2) is 30.5 Å². The number of hydrogen-bond acceptors (Lipinski definition) is 4. The largest absolute Gasteiger partial charge is 0.495 e. The van der Waals surface area contributed by atoms with Crippen molar-refractivity contribution in [3.05, 3.63) is 48.2 Å². The van der Waals surface area contributed by atoms with E-state index in [9.17, 15) is 9.59 Å². The van der Waals surface area contributed by atoms with E-state index in [1.807, 2.05) is 25.1 Å². The van der Waals surface area contributed by atoms with Gasteiger partial charge in [0.1, 0.15) is 17.2 Å². The lowest BCUT2D eigenvalue weighted by Gasteiger charge is -2.11. The third-order valence-electron chi connectivity index (χ3n) is 3.92. The highest BCUT2D eigenvalue weighted by molar-refractivity contribution is 6.06. The lowest BCUT2D eigenvalue weighted by molar-refractivity contribution is -0.114. The van der Waals surface area contributed by atoms with Gasteiger partial charge in [-0.15, -0.1) is 0 Å². The molecule has 0 radical (unpaired) electrons. The van der Waals surface area contributed by atoms with Gasteiger partial charge in [0.15, 0.2) is 0 Å². The molecule has 27 heavy (non-hydrogen) atoms. The zero-order valence-electron chi connectivity index (χ0n) is 15.4. The molecule has 1 aromatic heterocycles. The third kappa shape index (κ3) is 4.20. The molecule has 1 heterocycles. The van der Waals surface area contributed by atoms with Crippen LogP contribution in [0.1, 0.15) is 24.3 Å². The minimum Gasteiger partial charge on any atom is -0.495 e. The Hall–Kier alpha value is -3.48. The Kier molecular flexibility index (Phi) is 5.30. The molecule has 3 N–H and O–H groups in total. The maximum Gasteiger partial charge on any atom is 0.272 e. The Morgan fingerprint density at radius 2 is 1.89 bits per heavy atom. The van der Waals surface area contributed by atoms with Crippen LogP contribution >= 0.6 is 0 Å². The third-order valence-corrected chi connectivity index (χ3v) is 3.92. The normalized spacial score (nSPS) is 10.5. The maximum atomic E-state index is 12.6. The molecule has 2 aromatic carbocycles. The Balaban J connectivity index is 1.82. The molecule has 0 aliphatic rings. The van der Waals surface area contributed by atoms with Gasteiger partial charge in [-0.25, -0.2) is 0 Å². The SMILES string of the molecule is CCOc1ccc2cc(C(=O)Nc3ccc(OC)c(NC(C)=O)c3)[nH]c2c1. The molecule has 0 saturated carbocycles. The van der Waals surface area contributed by atoms with E-state index in [4.69, 9.17) is 9.47 Å². The molecule has 7 heteroatoms. The molecule has 140 valence electrons. The standard InChI is InChI=1S/C20H21N3O4/c1-4-27-15-7-5-13-9-18(23-16(13)11-15)20(25)22-14-6-8-19(26-3)17(10-14)21-12(2)24/h5-11,23H,4H2,1-3H3,(H,21,24)(H,22,25). The van der Waals surface area contributed by atoms with E-state index >= 15 is 0 Å². The summed E-state index contributed by atoms with van der Waals surface area (Å²) < 4.78 is 10.7. The van der Waals surface area contributed by atoms with Gasteiger partial charge in [-0.3, -0.25) is 9.59 Å². The summed E-state index contributed by atoms with van der Waals surface area (Å²) in [4.78, 5) is 27.0. The van der Waals surface area contributed by atoms with Crippen molar-refractivity contribution in [3.8, 4) is 11.5 Å². The molecule has 0 fully saturated rings. The van der Waals surface area contributed by atoms with Crippen LogP contribution in [0, 0.1) is 0 Å². The van der Waals surface area contributed by atoms with Crippen LogP contribution in [0.2, 0.25) is 0 Å². The van der Waals surface area contributed by atoms with E-state index in [0.29, 0.717) is 29.4 Å². The molecule has 0 atom stereocenters. The number of H-pyrrole nitrogens is 1. The minimum absolute atomic E-state index is 0.225. The number of carbonyl (C=O) groups is 2. The molecule has 0 unspecified atom stereocenters. The number of methoxy groups -OCH3 is 1. The molecular formula is C20H21N3O4. The van der Waals surface area contributed by atoms with Gasteiger partial charge >= 0.3 is 0 Å². The highest BCUT2D eigenvalue weighted by atomic mass is 16.5. The number of rotatable bonds is 6. The summed E-state index contributed by atoms with van der Waals surface area (Å²) in [5.41, 5.74) is 2.27. The Labute approximate surface area is 156 Å². The van der Waals surface area contributed by atoms with Crippen LogP contribution < -0.4 is 20.1 Å². The summed E-state index contributed by atoms with van der Waals surface area (Å²) in [6, 6.07) is 12.4. The Morgan fingerprint density at radius 1 is 1.07 bits per heavy atom. The average molecular weight is 367 g/mol. The molecule has 0 saturated heterocycles. The summed E-state index contributed by atoms with van der Waals surface area (Å²) in [5, 5.41) is 6.41. The van der Waals surface area contributed by atoms with Crippen LogP contribution in [0.4, 0.5) is 11.4 Å². The van der Waals surface area contributed by atoms with Gasteiger partial charge in [-0.05, 0) is 43.3 Å². The zero-order valence-corrected chi connectivity index (χ0v) is 15.4. The number of fused-ring (bicyclic) bond motifs is 1. The Bertz CT molecular complexity index is 994. The number of aromatic amines is 1. The smallest absolute Gasteiger partial charge is 0.272 e. The van der Waals surface area contributed by atoms with Crippen molar-refractivity contribution in [3.63, 3.8) is 0 Å². The number of anilines is 2. The van der Waals surface area contributed by atoms with Crippen molar-refractivity contribution in [1.29, 1.82) is 0 Å². The van der Waals surface area contributed by atoms with E-state index in [1.54, 1.807) is 24.3 Å². The van der Waals surface area contributed by atoms with Crippen molar-refractivity contribution in [1.82, 2.24) is 4.98 Å². The second kappa shape index (κ2) is 7.82. The van der Waals surface area contributed by atoms with E-state index in [2.05, 4.69) is 15.6 Å². The molecular weight excluding hydrogens is 346 g/mol. The first-order chi connectivity index (χ1) is 13.0. The number of hydrogen-bond donors (Lipinski definition) is 3. The summed E-state index contributed by atoms with van der Waals surface area (Å²) in [6.45, 7) is 3.90. The first-order valence-electron chi connectivity index (χ1n) is 8.52. The van der Waals surface area contributed by atoms with Crippen LogP contribution in [0.3, 0.4) is 0 Å². The fourth-order valence-electron chi connectivity index (χ4n) is 2.76. The average Bonchev–Trinajstić information content (AvgIpc) is 3.05. The van der Waals surface area contributed by atoms with Crippen molar-refractivity contribution < 1.29 is 19.1 Å². The van der Waals surface area contributed by atoms with Gasteiger partial charge in [0.25, 0.3) is 5.91 Å². The van der Waals surface area contributed by atoms with Crippen molar-refractivity contribution in [2.45, 2.75) is 13.8 Å². The van der Waals surface area contributed by atoms with Crippen molar-refractivity contribution >= 4 is 34.1 Å². The van der Waals surface area contributed by atoms with E-state index in [0.717, 1.165) is 16.7 Å². The van der Waals surface area contributed by atoms with Crippen LogP contribution in [0.25, 0.3) is 10.9 Å². The van der Waals surface area contributed by atoms with Crippen LogP contribution in [0.5, 0.6) is 11.5 Å². The van der Waals surface area contributed by atoms with E-state index in [-0.39, 0.29) is 11.8 Å². The molecule has 7 nitrogen and oxygen atoms in total. The highest BCUT2D eigenvalue weighted by Crippen LogP contribution is 2.28. The monoisotopic (exact) mass is 367 g/mol. The van der Waals surface area contributed by atoms with E-state index in [1.165, 1.54) is 14.0 Å². The lowest BCUT2D eigenvalue weighted by Crippen LogP contribution is -2.13. The fourth-order valence-corrected chi connectivity index (χ4v) is 2.76. The topological polar surface area (TPSA) is 92.4 Å². The minimum atomic E-state index is -0.289. The molecule has 0 bridgehead atoms. The number of ether oxygens (including phenoxy) is 2. The maximum absolute atomic E-state index is 12.6. The molecule has 2 amide bonds. The van der Waals surface area contributed by atoms with Crippen molar-refractivity contribution in [2.75, 3.05) is 24.4 Å². The number of benzene rings is 2. The van der Waals surface area contributed by atoms with Crippen LogP contribution in [0.15, 0.2) is 42.5 Å². The van der Waals surface area contributed by atoms with Gasteiger partial charge in [0, 0.05) is 29.6 Å². The van der Waals surface area contributed by atoms with Crippen molar-refractivity contribution in [2.24, 2.45) is 0 Å². The van der Waals surface area contributed by atoms with Gasteiger partial charge < -0.3 is 25.1 Å². The van der Waals surface area contributed by atoms with Crippen LogP contribution in [-0.2, 0) is 4.79 Å². The second-order valence-corrected chi connectivity index (χ2v) is 5.92. The first kappa shape index (κ1) is 18.3. The predicted octanol–water partition coefficient (Wildman–Crippen LogP) is 3.79. The summed E-state index contributed by atoms with van der Waals surface area (Å²) in [6.07, 6.45) is 0. The van der Waals surface area contributed by atoms with Gasteiger partial charge in [0.05, 0.1) is 19.4 Å². The quantitative estimate of drug-likeness (QED) is 0.618. The van der Waals surface area contributed by atoms with Gasteiger partial charge in [-0.2, -0.15) is 0 Å². The molecule has 0 aliphatic carbocycles. The first-order valence-corrected chi connectivity index (χ1v) is 8.52. The van der Waals surface area contributed by atoms with E-state index < -0.39 is 0 Å². The highest BCUT2D eigenvalue weighted by Gasteiger charge is 2.12. The molecule has 3 rings (SSSR count). The molecule has 3 aromatic rings. The lowest BCUT2D eigenvalue weighted by atomic mass is 10.2. The fraction of sp³-hybridized carbons (Fsp3) is 0.200. The van der Waals surface area contributed by atoms with Gasteiger partial charge in [0.2, 0.25) is 5.91 Å². The second-order valence-electron chi connectivity index (χ2n) is 5.92. The molecule has 0 spiro atoms. The Morgan fingerprint density at radius 3 is 2.59 bits per heavy atom. The molecule has 0 aliphatic heterocycles. The predicted molar refractivity (Wildman–Crippen MR) is 105 cm³/mol. The zero-order chi connectivity index (χ0) is 19.4. The summed E-state index contributed by atoms with van der Waals surface area (Å²) in [7, 11) is 1.51. The number of nitrogens with one attached hydrogen (secondary N) is 3.